The predicted molar refractivity (Wildman–Crippen MR) is 105 cm³/mol. The van der Waals surface area contributed by atoms with Gasteiger partial charge >= 0.3 is 0 Å². The number of rotatable bonds is 3. The van der Waals surface area contributed by atoms with Gasteiger partial charge in [0.2, 0.25) is 5.16 Å². The SMILES string of the molecule is CSc1nnc(C)n1/N=C\c1cc(C(C)(C)C)c(O)c(C(C)(C)C)c1. The molecule has 0 spiro atoms. The Balaban J connectivity index is 2.58. The molecule has 136 valence electrons. The molecule has 0 bridgehead atoms. The summed E-state index contributed by atoms with van der Waals surface area (Å²) in [4.78, 5) is 0. The third-order valence-electron chi connectivity index (χ3n) is 4.02. The van der Waals surface area contributed by atoms with Crippen molar-refractivity contribution in [2.45, 2.75) is 64.5 Å². The topological polar surface area (TPSA) is 63.3 Å². The molecule has 6 heteroatoms. The smallest absolute Gasteiger partial charge is 0.211 e. The fourth-order valence-electron chi connectivity index (χ4n) is 2.60. The first kappa shape index (κ1) is 19.5. The Morgan fingerprint density at radius 2 is 1.56 bits per heavy atom. The van der Waals surface area contributed by atoms with Crippen molar-refractivity contribution >= 4 is 18.0 Å². The van der Waals surface area contributed by atoms with Crippen LogP contribution < -0.4 is 0 Å². The second kappa shape index (κ2) is 6.83. The fraction of sp³-hybridized carbons (Fsp3) is 0.526. The van der Waals surface area contributed by atoms with Crippen LogP contribution in [0.2, 0.25) is 0 Å². The van der Waals surface area contributed by atoms with E-state index in [0.29, 0.717) is 5.75 Å². The van der Waals surface area contributed by atoms with Gasteiger partial charge in [-0.05, 0) is 41.7 Å². The molecule has 1 aromatic carbocycles. The normalized spacial score (nSPS) is 13.0. The highest BCUT2D eigenvalue weighted by Gasteiger charge is 2.26. The van der Waals surface area contributed by atoms with Gasteiger partial charge < -0.3 is 5.11 Å². The van der Waals surface area contributed by atoms with Gasteiger partial charge in [0.1, 0.15) is 5.75 Å². The van der Waals surface area contributed by atoms with Crippen molar-refractivity contribution < 1.29 is 5.11 Å². The van der Waals surface area contributed by atoms with E-state index in [1.807, 2.05) is 25.3 Å². The lowest BCUT2D eigenvalue weighted by Crippen LogP contribution is -2.18. The summed E-state index contributed by atoms with van der Waals surface area (Å²) >= 11 is 1.50. The third kappa shape index (κ3) is 4.24. The van der Waals surface area contributed by atoms with Gasteiger partial charge in [-0.25, -0.2) is 0 Å². The molecule has 0 atom stereocenters. The van der Waals surface area contributed by atoms with E-state index in [4.69, 9.17) is 0 Å². The zero-order valence-electron chi connectivity index (χ0n) is 16.4. The van der Waals surface area contributed by atoms with E-state index in [9.17, 15) is 5.11 Å². The number of thioether (sulfide) groups is 1. The maximum absolute atomic E-state index is 10.8. The van der Waals surface area contributed by atoms with Gasteiger partial charge in [0.15, 0.2) is 5.82 Å². The molecule has 1 heterocycles. The Kier molecular flexibility index (Phi) is 5.33. The number of phenolic OH excluding ortho intramolecular Hbond substituents is 1. The highest BCUT2D eigenvalue weighted by atomic mass is 32.2. The minimum atomic E-state index is -0.162. The van der Waals surface area contributed by atoms with E-state index in [2.05, 4.69) is 56.8 Å². The number of benzene rings is 1. The number of aryl methyl sites for hydroxylation is 1. The minimum Gasteiger partial charge on any atom is -0.507 e. The van der Waals surface area contributed by atoms with Crippen molar-refractivity contribution in [2.75, 3.05) is 6.26 Å². The molecule has 0 saturated carbocycles. The lowest BCUT2D eigenvalue weighted by molar-refractivity contribution is 0.423. The maximum Gasteiger partial charge on any atom is 0.211 e. The molecule has 5 nitrogen and oxygen atoms in total. The first-order chi connectivity index (χ1) is 11.4. The minimum absolute atomic E-state index is 0.162. The van der Waals surface area contributed by atoms with Crippen molar-refractivity contribution in [3.8, 4) is 5.75 Å². The summed E-state index contributed by atoms with van der Waals surface area (Å²) < 4.78 is 1.73. The molecular weight excluding hydrogens is 332 g/mol. The first-order valence-electron chi connectivity index (χ1n) is 8.33. The number of nitrogens with zero attached hydrogens (tertiary/aromatic N) is 4. The number of hydrogen-bond acceptors (Lipinski definition) is 5. The summed E-state index contributed by atoms with van der Waals surface area (Å²) in [5, 5.41) is 24.2. The van der Waals surface area contributed by atoms with E-state index in [0.717, 1.165) is 27.7 Å². The Hall–Kier alpha value is -1.82. The standard InChI is InChI=1S/C19H28N4OS/c1-12-21-22-17(25-8)23(12)20-11-13-9-14(18(2,3)4)16(24)15(10-13)19(5,6)7/h9-11,24H,1-8H3/b20-11-. The van der Waals surface area contributed by atoms with Crippen LogP contribution in [0, 0.1) is 6.92 Å². The molecule has 0 aliphatic carbocycles. The Labute approximate surface area is 154 Å². The average molecular weight is 361 g/mol. The van der Waals surface area contributed by atoms with Crippen LogP contribution in [-0.4, -0.2) is 32.5 Å². The quantitative estimate of drug-likeness (QED) is 0.647. The average Bonchev–Trinajstić information content (AvgIpc) is 2.84. The highest BCUT2D eigenvalue weighted by Crippen LogP contribution is 2.39. The summed E-state index contributed by atoms with van der Waals surface area (Å²) in [5.41, 5.74) is 2.47. The van der Waals surface area contributed by atoms with Crippen LogP contribution in [0.1, 0.15) is 64.1 Å². The van der Waals surface area contributed by atoms with Crippen molar-refractivity contribution in [1.29, 1.82) is 0 Å². The van der Waals surface area contributed by atoms with E-state index >= 15 is 0 Å². The van der Waals surface area contributed by atoms with Crippen LogP contribution >= 0.6 is 11.8 Å². The zero-order chi connectivity index (χ0) is 19.0. The fourth-order valence-corrected chi connectivity index (χ4v) is 3.07. The number of phenols is 1. The second-order valence-corrected chi connectivity index (χ2v) is 9.03. The van der Waals surface area contributed by atoms with Crippen molar-refractivity contribution in [1.82, 2.24) is 14.9 Å². The van der Waals surface area contributed by atoms with Crippen LogP contribution in [0.25, 0.3) is 0 Å². The molecule has 1 N–H and O–H groups in total. The zero-order valence-corrected chi connectivity index (χ0v) is 17.2. The molecule has 0 amide bonds. The molecule has 2 rings (SSSR count). The van der Waals surface area contributed by atoms with Gasteiger partial charge in [-0.2, -0.15) is 9.78 Å². The number of hydrogen-bond donors (Lipinski definition) is 1. The third-order valence-corrected chi connectivity index (χ3v) is 4.64. The van der Waals surface area contributed by atoms with Gasteiger partial charge in [-0.1, -0.05) is 53.3 Å². The molecule has 25 heavy (non-hydrogen) atoms. The lowest BCUT2D eigenvalue weighted by Gasteiger charge is -2.27. The molecule has 0 radical (unpaired) electrons. The Bertz CT molecular complexity index is 760. The first-order valence-corrected chi connectivity index (χ1v) is 9.56. The van der Waals surface area contributed by atoms with Gasteiger partial charge in [-0.3, -0.25) is 0 Å². The van der Waals surface area contributed by atoms with E-state index in [-0.39, 0.29) is 10.8 Å². The monoisotopic (exact) mass is 360 g/mol. The predicted octanol–water partition coefficient (Wildman–Crippen LogP) is 4.49. The van der Waals surface area contributed by atoms with Crippen LogP contribution in [0.3, 0.4) is 0 Å². The van der Waals surface area contributed by atoms with Gasteiger partial charge in [0.05, 0.1) is 6.21 Å². The Morgan fingerprint density at radius 3 is 2.00 bits per heavy atom. The van der Waals surface area contributed by atoms with E-state index in [1.54, 1.807) is 10.9 Å². The molecule has 0 aliphatic heterocycles. The Morgan fingerprint density at radius 1 is 1.04 bits per heavy atom. The van der Waals surface area contributed by atoms with Gasteiger partial charge in [-0.15, -0.1) is 10.2 Å². The van der Waals surface area contributed by atoms with Gasteiger partial charge in [0, 0.05) is 11.1 Å². The largest absolute Gasteiger partial charge is 0.507 e. The molecule has 1 aromatic heterocycles. The van der Waals surface area contributed by atoms with E-state index in [1.165, 1.54) is 11.8 Å². The summed E-state index contributed by atoms with van der Waals surface area (Å²) in [6.45, 7) is 14.5. The molecule has 0 aliphatic rings. The molecule has 0 unspecified atom stereocenters. The number of aromatic nitrogens is 3. The summed E-state index contributed by atoms with van der Waals surface area (Å²) in [6, 6.07) is 4.01. The number of aromatic hydroxyl groups is 1. The van der Waals surface area contributed by atoms with Crippen LogP contribution in [0.5, 0.6) is 5.75 Å². The summed E-state index contributed by atoms with van der Waals surface area (Å²) in [6.07, 6.45) is 3.76. The summed E-state index contributed by atoms with van der Waals surface area (Å²) in [5.74, 6) is 1.12. The van der Waals surface area contributed by atoms with Crippen molar-refractivity contribution in [3.63, 3.8) is 0 Å². The second-order valence-electron chi connectivity index (χ2n) is 8.25. The molecule has 0 saturated heterocycles. The van der Waals surface area contributed by atoms with Crippen LogP contribution in [0.4, 0.5) is 0 Å². The highest BCUT2D eigenvalue weighted by molar-refractivity contribution is 7.98. The molecule has 0 fully saturated rings. The van der Waals surface area contributed by atoms with Crippen LogP contribution in [0.15, 0.2) is 22.4 Å². The van der Waals surface area contributed by atoms with Crippen molar-refractivity contribution in [2.24, 2.45) is 5.10 Å². The van der Waals surface area contributed by atoms with Crippen LogP contribution in [-0.2, 0) is 10.8 Å². The van der Waals surface area contributed by atoms with Gasteiger partial charge in [0.25, 0.3) is 0 Å². The lowest BCUT2D eigenvalue weighted by atomic mass is 9.78. The molecular formula is C19H28N4OS. The summed E-state index contributed by atoms with van der Waals surface area (Å²) in [7, 11) is 0. The maximum atomic E-state index is 10.8. The molecule has 2 aromatic rings. The van der Waals surface area contributed by atoms with Crippen molar-refractivity contribution in [3.05, 3.63) is 34.6 Å². The van der Waals surface area contributed by atoms with E-state index < -0.39 is 0 Å².